The van der Waals surface area contributed by atoms with Crippen LogP contribution in [0.1, 0.15) is 0 Å². The second-order valence-corrected chi connectivity index (χ2v) is 6.57. The number of rotatable bonds is 0. The number of fused-ring (bicyclic) bond motifs is 7. The van der Waals surface area contributed by atoms with Gasteiger partial charge in [-0.3, -0.25) is 0 Å². The van der Waals surface area contributed by atoms with Gasteiger partial charge in [-0.1, -0.05) is 29.8 Å². The molecule has 0 N–H and O–H groups in total. The van der Waals surface area contributed by atoms with Gasteiger partial charge in [0, 0.05) is 32.6 Å². The summed E-state index contributed by atoms with van der Waals surface area (Å²) in [6.45, 7) is 0. The molecule has 3 aromatic carbocycles. The van der Waals surface area contributed by atoms with Crippen molar-refractivity contribution in [2.24, 2.45) is 0 Å². The van der Waals surface area contributed by atoms with Crippen molar-refractivity contribution in [3.8, 4) is 0 Å². The quantitative estimate of drug-likeness (QED) is 0.296. The van der Waals surface area contributed by atoms with Gasteiger partial charge in [0.1, 0.15) is 22.3 Å². The molecule has 0 fully saturated rings. The van der Waals surface area contributed by atoms with Crippen LogP contribution in [0.2, 0.25) is 5.02 Å². The number of benzene rings is 3. The SMILES string of the molecule is Clc1ccc2c(c1)oc1cc(Br)c3oc4ccccc4c3c12. The highest BCUT2D eigenvalue weighted by Crippen LogP contribution is 2.43. The van der Waals surface area contributed by atoms with Crippen LogP contribution in [0.25, 0.3) is 43.9 Å². The molecule has 0 spiro atoms. The molecule has 0 atom stereocenters. The Labute approximate surface area is 138 Å². The van der Waals surface area contributed by atoms with Gasteiger partial charge in [-0.2, -0.15) is 0 Å². The smallest absolute Gasteiger partial charge is 0.150 e. The van der Waals surface area contributed by atoms with E-state index < -0.39 is 0 Å². The Hall–Kier alpha value is -1.97. The van der Waals surface area contributed by atoms with Crippen LogP contribution in [0.15, 0.2) is 61.8 Å². The summed E-state index contributed by atoms with van der Waals surface area (Å²) >= 11 is 9.67. The van der Waals surface area contributed by atoms with E-state index >= 15 is 0 Å². The van der Waals surface area contributed by atoms with Crippen molar-refractivity contribution in [2.75, 3.05) is 0 Å². The van der Waals surface area contributed by atoms with Crippen LogP contribution in [0.4, 0.5) is 0 Å². The summed E-state index contributed by atoms with van der Waals surface area (Å²) in [4.78, 5) is 0. The van der Waals surface area contributed by atoms with Gasteiger partial charge in [-0.05, 0) is 40.2 Å². The third-order valence-electron chi connectivity index (χ3n) is 4.00. The topological polar surface area (TPSA) is 26.3 Å². The second-order valence-electron chi connectivity index (χ2n) is 5.28. The number of hydrogen-bond acceptors (Lipinski definition) is 2. The predicted molar refractivity (Wildman–Crippen MR) is 93.7 cm³/mol. The van der Waals surface area contributed by atoms with Crippen LogP contribution in [0.5, 0.6) is 0 Å². The molecule has 0 saturated heterocycles. The molecule has 0 saturated carbocycles. The maximum atomic E-state index is 6.08. The zero-order valence-electron chi connectivity index (χ0n) is 11.2. The highest BCUT2D eigenvalue weighted by molar-refractivity contribution is 9.10. The van der Waals surface area contributed by atoms with Crippen molar-refractivity contribution < 1.29 is 8.83 Å². The van der Waals surface area contributed by atoms with Gasteiger partial charge in [0.15, 0.2) is 0 Å². The minimum absolute atomic E-state index is 0.666. The zero-order chi connectivity index (χ0) is 14.8. The van der Waals surface area contributed by atoms with E-state index in [0.717, 1.165) is 48.3 Å². The largest absolute Gasteiger partial charge is 0.456 e. The first-order chi connectivity index (χ1) is 10.7. The van der Waals surface area contributed by atoms with Gasteiger partial charge in [0.05, 0.1) is 4.47 Å². The monoisotopic (exact) mass is 370 g/mol. The fraction of sp³-hybridized carbons (Fsp3) is 0. The third-order valence-corrected chi connectivity index (χ3v) is 4.82. The van der Waals surface area contributed by atoms with Crippen LogP contribution in [0, 0.1) is 0 Å². The fourth-order valence-electron chi connectivity index (χ4n) is 3.09. The van der Waals surface area contributed by atoms with Crippen molar-refractivity contribution in [1.82, 2.24) is 0 Å². The normalized spacial score (nSPS) is 12.1. The predicted octanol–water partition coefficient (Wildman–Crippen LogP) is 6.90. The first kappa shape index (κ1) is 12.6. The maximum Gasteiger partial charge on any atom is 0.150 e. The minimum Gasteiger partial charge on any atom is -0.456 e. The third kappa shape index (κ3) is 1.55. The second kappa shape index (κ2) is 4.28. The average Bonchev–Trinajstić information content (AvgIpc) is 3.04. The molecule has 0 radical (unpaired) electrons. The van der Waals surface area contributed by atoms with Crippen molar-refractivity contribution in [3.05, 3.63) is 58.0 Å². The summed E-state index contributed by atoms with van der Waals surface area (Å²) in [5.74, 6) is 0. The van der Waals surface area contributed by atoms with E-state index in [0.29, 0.717) is 5.02 Å². The Bertz CT molecular complexity index is 1200. The average molecular weight is 372 g/mol. The molecular weight excluding hydrogens is 364 g/mol. The summed E-state index contributed by atoms with van der Waals surface area (Å²) in [5.41, 5.74) is 3.32. The van der Waals surface area contributed by atoms with Gasteiger partial charge in [0.25, 0.3) is 0 Å². The molecule has 106 valence electrons. The Morgan fingerprint density at radius 2 is 1.59 bits per heavy atom. The lowest BCUT2D eigenvalue weighted by Gasteiger charge is -1.96. The molecule has 0 aliphatic heterocycles. The lowest BCUT2D eigenvalue weighted by molar-refractivity contribution is 0.661. The summed E-state index contributed by atoms with van der Waals surface area (Å²) in [6, 6.07) is 15.7. The molecule has 2 aromatic heterocycles. The van der Waals surface area contributed by atoms with E-state index in [1.54, 1.807) is 0 Å². The molecule has 0 unspecified atom stereocenters. The van der Waals surface area contributed by atoms with E-state index in [4.69, 9.17) is 20.4 Å². The Morgan fingerprint density at radius 3 is 2.50 bits per heavy atom. The first-order valence-electron chi connectivity index (χ1n) is 6.84. The fourth-order valence-corrected chi connectivity index (χ4v) is 3.74. The first-order valence-corrected chi connectivity index (χ1v) is 8.01. The van der Waals surface area contributed by atoms with Crippen LogP contribution >= 0.6 is 27.5 Å². The standard InChI is InChI=1S/C18H8BrClO2/c19-12-8-15-16(11-6-5-9(20)7-14(11)21-15)17-10-3-1-2-4-13(10)22-18(12)17/h1-8H. The van der Waals surface area contributed by atoms with Crippen LogP contribution < -0.4 is 0 Å². The maximum absolute atomic E-state index is 6.08. The van der Waals surface area contributed by atoms with Crippen LogP contribution in [-0.4, -0.2) is 0 Å². The highest BCUT2D eigenvalue weighted by atomic mass is 79.9. The Kier molecular flexibility index (Phi) is 2.44. The number of para-hydroxylation sites is 1. The molecule has 5 aromatic rings. The highest BCUT2D eigenvalue weighted by Gasteiger charge is 2.18. The van der Waals surface area contributed by atoms with E-state index in [9.17, 15) is 0 Å². The van der Waals surface area contributed by atoms with Crippen molar-refractivity contribution in [2.45, 2.75) is 0 Å². The number of hydrogen-bond donors (Lipinski definition) is 0. The van der Waals surface area contributed by atoms with Gasteiger partial charge in [0.2, 0.25) is 0 Å². The summed E-state index contributed by atoms with van der Waals surface area (Å²) < 4.78 is 12.9. The Morgan fingerprint density at radius 1 is 0.773 bits per heavy atom. The molecule has 0 aliphatic carbocycles. The van der Waals surface area contributed by atoms with Crippen molar-refractivity contribution in [3.63, 3.8) is 0 Å². The molecule has 5 rings (SSSR count). The summed E-state index contributed by atoms with van der Waals surface area (Å²) in [7, 11) is 0. The molecule has 0 aliphatic rings. The molecule has 4 heteroatoms. The van der Waals surface area contributed by atoms with E-state index in [-0.39, 0.29) is 0 Å². The molecule has 22 heavy (non-hydrogen) atoms. The van der Waals surface area contributed by atoms with E-state index in [2.05, 4.69) is 22.0 Å². The molecule has 0 amide bonds. The van der Waals surface area contributed by atoms with E-state index in [1.165, 1.54) is 0 Å². The number of halogens is 2. The van der Waals surface area contributed by atoms with E-state index in [1.807, 2.05) is 42.5 Å². The molecule has 0 bridgehead atoms. The lowest BCUT2D eigenvalue weighted by atomic mass is 10.1. The van der Waals surface area contributed by atoms with Crippen LogP contribution in [0.3, 0.4) is 0 Å². The van der Waals surface area contributed by atoms with Crippen LogP contribution in [-0.2, 0) is 0 Å². The van der Waals surface area contributed by atoms with Crippen molar-refractivity contribution in [1.29, 1.82) is 0 Å². The van der Waals surface area contributed by atoms with Gasteiger partial charge < -0.3 is 8.83 Å². The molecule has 2 nitrogen and oxygen atoms in total. The van der Waals surface area contributed by atoms with Crippen molar-refractivity contribution >= 4 is 71.4 Å². The summed E-state index contributed by atoms with van der Waals surface area (Å²) in [6.07, 6.45) is 0. The van der Waals surface area contributed by atoms with Gasteiger partial charge >= 0.3 is 0 Å². The lowest BCUT2D eigenvalue weighted by Crippen LogP contribution is -1.73. The van der Waals surface area contributed by atoms with Gasteiger partial charge in [-0.25, -0.2) is 0 Å². The number of furan rings is 2. The minimum atomic E-state index is 0.666. The Balaban J connectivity index is 2.16. The summed E-state index contributed by atoms with van der Waals surface area (Å²) in [5, 5.41) is 4.93. The zero-order valence-corrected chi connectivity index (χ0v) is 13.5. The van der Waals surface area contributed by atoms with Gasteiger partial charge in [-0.15, -0.1) is 0 Å². The molecular formula is C18H8BrClO2. The molecule has 2 heterocycles.